The van der Waals surface area contributed by atoms with Crippen LogP contribution in [0.4, 0.5) is 4.79 Å². The topological polar surface area (TPSA) is 55.8 Å². The maximum atomic E-state index is 13.0. The molecule has 5 heteroatoms. The minimum Gasteiger partial charge on any atom is -0.393 e. The second kappa shape index (κ2) is 10.8. The van der Waals surface area contributed by atoms with Gasteiger partial charge in [-0.3, -0.25) is 4.90 Å². The fraction of sp³-hybridized carbons (Fsp3) is 0.696. The number of aliphatic hydroxyl groups excluding tert-OH is 1. The van der Waals surface area contributed by atoms with E-state index < -0.39 is 0 Å². The molecule has 1 saturated heterocycles. The molecule has 5 nitrogen and oxygen atoms in total. The van der Waals surface area contributed by atoms with E-state index in [2.05, 4.69) is 52.4 Å². The SMILES string of the molecule is CCCCN(C(=O)NC1CCC(O)CC1)C1CCN(Cc2ccccc2)CC1. The number of carbonyl (C=O) groups excluding carboxylic acids is 1. The van der Waals surface area contributed by atoms with Crippen molar-refractivity contribution < 1.29 is 9.90 Å². The number of benzene rings is 1. The first-order valence-electron chi connectivity index (χ1n) is 11.2. The van der Waals surface area contributed by atoms with E-state index in [9.17, 15) is 9.90 Å². The number of nitrogens with one attached hydrogen (secondary N) is 1. The van der Waals surface area contributed by atoms with Crippen LogP contribution in [-0.4, -0.2) is 58.8 Å². The van der Waals surface area contributed by atoms with Gasteiger partial charge in [0.15, 0.2) is 0 Å². The molecule has 0 spiro atoms. The summed E-state index contributed by atoms with van der Waals surface area (Å²) in [5.74, 6) is 0. The van der Waals surface area contributed by atoms with Gasteiger partial charge < -0.3 is 15.3 Å². The number of rotatable bonds is 7. The van der Waals surface area contributed by atoms with Crippen molar-refractivity contribution in [3.05, 3.63) is 35.9 Å². The van der Waals surface area contributed by atoms with Crippen LogP contribution in [0.1, 0.15) is 63.9 Å². The van der Waals surface area contributed by atoms with Crippen molar-refractivity contribution in [2.45, 2.75) is 83.0 Å². The highest BCUT2D eigenvalue weighted by Gasteiger charge is 2.29. The number of piperidine rings is 1. The Morgan fingerprint density at radius 2 is 1.79 bits per heavy atom. The molecular formula is C23H37N3O2. The van der Waals surface area contributed by atoms with E-state index >= 15 is 0 Å². The van der Waals surface area contributed by atoms with E-state index in [0.717, 1.165) is 77.5 Å². The molecule has 156 valence electrons. The Hall–Kier alpha value is -1.59. The first-order valence-corrected chi connectivity index (χ1v) is 11.2. The molecule has 0 bridgehead atoms. The fourth-order valence-electron chi connectivity index (χ4n) is 4.49. The highest BCUT2D eigenvalue weighted by Crippen LogP contribution is 2.22. The van der Waals surface area contributed by atoms with E-state index in [-0.39, 0.29) is 18.2 Å². The summed E-state index contributed by atoms with van der Waals surface area (Å²) < 4.78 is 0. The average molecular weight is 388 g/mol. The zero-order valence-electron chi connectivity index (χ0n) is 17.4. The van der Waals surface area contributed by atoms with Crippen LogP contribution in [0.3, 0.4) is 0 Å². The molecule has 2 N–H and O–H groups in total. The van der Waals surface area contributed by atoms with Crippen LogP contribution in [-0.2, 0) is 6.54 Å². The van der Waals surface area contributed by atoms with Crippen molar-refractivity contribution in [2.75, 3.05) is 19.6 Å². The van der Waals surface area contributed by atoms with Gasteiger partial charge in [-0.1, -0.05) is 43.7 Å². The number of amides is 2. The lowest BCUT2D eigenvalue weighted by atomic mass is 9.93. The Morgan fingerprint density at radius 3 is 2.43 bits per heavy atom. The molecule has 1 aliphatic carbocycles. The zero-order valence-corrected chi connectivity index (χ0v) is 17.4. The first-order chi connectivity index (χ1) is 13.7. The molecule has 2 aliphatic rings. The summed E-state index contributed by atoms with van der Waals surface area (Å²) in [6, 6.07) is 11.3. The van der Waals surface area contributed by atoms with Gasteiger partial charge >= 0.3 is 6.03 Å². The summed E-state index contributed by atoms with van der Waals surface area (Å²) in [7, 11) is 0. The molecular weight excluding hydrogens is 350 g/mol. The van der Waals surface area contributed by atoms with Gasteiger partial charge in [0.25, 0.3) is 0 Å². The number of unbranched alkanes of at least 4 members (excludes halogenated alkanes) is 1. The summed E-state index contributed by atoms with van der Waals surface area (Å²) in [4.78, 5) is 17.6. The third kappa shape index (κ3) is 6.21. The smallest absolute Gasteiger partial charge is 0.317 e. The standard InChI is InChI=1S/C23H37N3O2/c1-2-3-15-26(23(28)24-20-9-11-22(27)12-10-20)21-13-16-25(17-14-21)18-19-7-5-4-6-8-19/h4-8,20-22,27H,2-3,9-18H2,1H3,(H,24,28). The molecule has 2 amide bonds. The Balaban J connectivity index is 1.51. The number of hydrogen-bond donors (Lipinski definition) is 2. The van der Waals surface area contributed by atoms with Gasteiger partial charge in [0, 0.05) is 38.3 Å². The van der Waals surface area contributed by atoms with Gasteiger partial charge in [-0.25, -0.2) is 4.79 Å². The molecule has 3 rings (SSSR count). The highest BCUT2D eigenvalue weighted by molar-refractivity contribution is 5.75. The van der Waals surface area contributed by atoms with Gasteiger partial charge in [-0.05, 0) is 50.5 Å². The summed E-state index contributed by atoms with van der Waals surface area (Å²) in [5.41, 5.74) is 1.36. The van der Waals surface area contributed by atoms with Crippen LogP contribution < -0.4 is 5.32 Å². The van der Waals surface area contributed by atoms with Gasteiger partial charge in [-0.15, -0.1) is 0 Å². The van der Waals surface area contributed by atoms with Crippen LogP contribution in [0.15, 0.2) is 30.3 Å². The van der Waals surface area contributed by atoms with Crippen LogP contribution in [0.2, 0.25) is 0 Å². The monoisotopic (exact) mass is 387 g/mol. The maximum absolute atomic E-state index is 13.0. The molecule has 0 atom stereocenters. The van der Waals surface area contributed by atoms with E-state index in [1.54, 1.807) is 0 Å². The van der Waals surface area contributed by atoms with Crippen molar-refractivity contribution in [3.63, 3.8) is 0 Å². The summed E-state index contributed by atoms with van der Waals surface area (Å²) >= 11 is 0. The Kier molecular flexibility index (Phi) is 8.16. The number of likely N-dealkylation sites (tertiary alicyclic amines) is 1. The predicted octanol–water partition coefficient (Wildman–Crippen LogP) is 3.77. The van der Waals surface area contributed by atoms with Gasteiger partial charge in [0.05, 0.1) is 6.10 Å². The van der Waals surface area contributed by atoms with Crippen molar-refractivity contribution in [2.24, 2.45) is 0 Å². The Bertz CT molecular complexity index is 579. The Morgan fingerprint density at radius 1 is 1.11 bits per heavy atom. The molecule has 0 aromatic heterocycles. The molecule has 1 aromatic rings. The van der Waals surface area contributed by atoms with E-state index in [1.165, 1.54) is 5.56 Å². The van der Waals surface area contributed by atoms with Crippen LogP contribution in [0.25, 0.3) is 0 Å². The van der Waals surface area contributed by atoms with Crippen LogP contribution in [0, 0.1) is 0 Å². The lowest BCUT2D eigenvalue weighted by Gasteiger charge is -2.39. The number of hydrogen-bond acceptors (Lipinski definition) is 3. The number of urea groups is 1. The van der Waals surface area contributed by atoms with Gasteiger partial charge in [0.1, 0.15) is 0 Å². The van der Waals surface area contributed by atoms with E-state index in [1.807, 2.05) is 0 Å². The molecule has 0 unspecified atom stereocenters. The van der Waals surface area contributed by atoms with Gasteiger partial charge in [0.2, 0.25) is 0 Å². The molecule has 0 radical (unpaired) electrons. The van der Waals surface area contributed by atoms with Crippen molar-refractivity contribution >= 4 is 6.03 Å². The molecule has 2 fully saturated rings. The summed E-state index contributed by atoms with van der Waals surface area (Å²) in [6.45, 7) is 6.12. The van der Waals surface area contributed by atoms with E-state index in [4.69, 9.17) is 0 Å². The Labute approximate surface area is 170 Å². The fourth-order valence-corrected chi connectivity index (χ4v) is 4.49. The molecule has 1 heterocycles. The minimum atomic E-state index is -0.182. The maximum Gasteiger partial charge on any atom is 0.317 e. The predicted molar refractivity (Wildman–Crippen MR) is 113 cm³/mol. The quantitative estimate of drug-likeness (QED) is 0.749. The van der Waals surface area contributed by atoms with Crippen LogP contribution >= 0.6 is 0 Å². The summed E-state index contributed by atoms with van der Waals surface area (Å²) in [5, 5.41) is 13.0. The largest absolute Gasteiger partial charge is 0.393 e. The van der Waals surface area contributed by atoms with Gasteiger partial charge in [-0.2, -0.15) is 0 Å². The lowest BCUT2D eigenvalue weighted by molar-refractivity contribution is 0.101. The third-order valence-corrected chi connectivity index (χ3v) is 6.28. The highest BCUT2D eigenvalue weighted by atomic mass is 16.3. The van der Waals surface area contributed by atoms with E-state index in [0.29, 0.717) is 6.04 Å². The second-order valence-corrected chi connectivity index (χ2v) is 8.49. The minimum absolute atomic E-state index is 0.108. The molecule has 1 aliphatic heterocycles. The van der Waals surface area contributed by atoms with Crippen LogP contribution in [0.5, 0.6) is 0 Å². The van der Waals surface area contributed by atoms with Crippen molar-refractivity contribution in [3.8, 4) is 0 Å². The first kappa shape index (κ1) is 21.1. The van der Waals surface area contributed by atoms with Crippen molar-refractivity contribution in [1.82, 2.24) is 15.1 Å². The molecule has 1 saturated carbocycles. The number of carbonyl (C=O) groups is 1. The summed E-state index contributed by atoms with van der Waals surface area (Å²) in [6.07, 6.45) is 7.47. The van der Waals surface area contributed by atoms with Crippen molar-refractivity contribution in [1.29, 1.82) is 0 Å². The molecule has 1 aromatic carbocycles. The lowest BCUT2D eigenvalue weighted by Crippen LogP contribution is -2.53. The second-order valence-electron chi connectivity index (χ2n) is 8.49. The number of aliphatic hydroxyl groups is 1. The molecule has 28 heavy (non-hydrogen) atoms. The normalized spacial score (nSPS) is 24.1. The average Bonchev–Trinajstić information content (AvgIpc) is 2.72. The number of nitrogens with zero attached hydrogens (tertiary/aromatic N) is 2. The third-order valence-electron chi connectivity index (χ3n) is 6.28. The zero-order chi connectivity index (χ0) is 19.8.